The quantitative estimate of drug-likeness (QED) is 0.734. The first-order chi connectivity index (χ1) is 12.1. The highest BCUT2D eigenvalue weighted by Gasteiger charge is 2.49. The Balaban J connectivity index is 2.09. The van der Waals surface area contributed by atoms with Crippen LogP contribution in [-0.4, -0.2) is 11.7 Å². The van der Waals surface area contributed by atoms with Gasteiger partial charge in [0.1, 0.15) is 5.41 Å². The topological polar surface area (TPSA) is 46.2 Å². The molecule has 3 nitrogen and oxygen atoms in total. The lowest BCUT2D eigenvalue weighted by molar-refractivity contribution is -0.118. The van der Waals surface area contributed by atoms with Crippen molar-refractivity contribution in [1.29, 1.82) is 0 Å². The molecular formula is C22H17NO2. The zero-order valence-electron chi connectivity index (χ0n) is 13.8. The van der Waals surface area contributed by atoms with Gasteiger partial charge in [-0.3, -0.25) is 9.59 Å². The Hall–Kier alpha value is -3.20. The lowest BCUT2D eigenvalue weighted by Crippen LogP contribution is -2.37. The number of carbonyl (C=O) groups is 2. The van der Waals surface area contributed by atoms with E-state index in [0.717, 1.165) is 22.4 Å². The van der Waals surface area contributed by atoms with Crippen molar-refractivity contribution in [3.8, 4) is 0 Å². The van der Waals surface area contributed by atoms with Crippen LogP contribution in [0.3, 0.4) is 0 Å². The number of benzene rings is 3. The number of carbonyl (C=O) groups excluding carboxylic acids is 2. The zero-order valence-corrected chi connectivity index (χ0v) is 13.8. The van der Waals surface area contributed by atoms with E-state index in [1.165, 1.54) is 0 Å². The van der Waals surface area contributed by atoms with Crippen LogP contribution in [0.15, 0.2) is 78.9 Å². The van der Waals surface area contributed by atoms with Crippen LogP contribution in [0.2, 0.25) is 0 Å². The molecular weight excluding hydrogens is 310 g/mol. The first kappa shape index (κ1) is 15.3. The Kier molecular flexibility index (Phi) is 3.50. The third-order valence-electron chi connectivity index (χ3n) is 4.83. The Labute approximate surface area is 146 Å². The predicted molar refractivity (Wildman–Crippen MR) is 97.8 cm³/mol. The van der Waals surface area contributed by atoms with E-state index < -0.39 is 5.41 Å². The molecule has 0 saturated heterocycles. The summed E-state index contributed by atoms with van der Waals surface area (Å²) >= 11 is 0. The maximum absolute atomic E-state index is 13.2. The van der Waals surface area contributed by atoms with Gasteiger partial charge in [0.05, 0.1) is 0 Å². The summed E-state index contributed by atoms with van der Waals surface area (Å²) < 4.78 is 0. The van der Waals surface area contributed by atoms with Crippen molar-refractivity contribution in [3.63, 3.8) is 0 Å². The Morgan fingerprint density at radius 3 is 1.92 bits per heavy atom. The monoisotopic (exact) mass is 327 g/mol. The minimum atomic E-state index is -0.955. The van der Waals surface area contributed by atoms with Gasteiger partial charge in [0.15, 0.2) is 5.78 Å². The number of nitrogens with one attached hydrogen (secondary N) is 1. The Bertz CT molecular complexity index is 922. The van der Waals surface area contributed by atoms with Gasteiger partial charge in [0.2, 0.25) is 5.91 Å². The molecule has 0 radical (unpaired) electrons. The van der Waals surface area contributed by atoms with E-state index in [0.29, 0.717) is 5.56 Å². The summed E-state index contributed by atoms with van der Waals surface area (Å²) in [5.74, 6) is -0.113. The van der Waals surface area contributed by atoms with Crippen LogP contribution >= 0.6 is 0 Å². The molecule has 122 valence electrons. The van der Waals surface area contributed by atoms with Gasteiger partial charge in [-0.05, 0) is 36.2 Å². The molecule has 1 heterocycles. The maximum Gasteiger partial charge on any atom is 0.244 e. The average molecular weight is 327 g/mol. The van der Waals surface area contributed by atoms with E-state index in [9.17, 15) is 9.59 Å². The molecule has 4 rings (SSSR count). The van der Waals surface area contributed by atoms with Crippen LogP contribution in [0.5, 0.6) is 0 Å². The summed E-state index contributed by atoms with van der Waals surface area (Å²) in [5, 5.41) is 3.00. The number of anilines is 1. The Morgan fingerprint density at radius 1 is 0.840 bits per heavy atom. The highest BCUT2D eigenvalue weighted by atomic mass is 16.2. The van der Waals surface area contributed by atoms with Crippen LogP contribution in [0.4, 0.5) is 5.69 Å². The van der Waals surface area contributed by atoms with Gasteiger partial charge in [-0.15, -0.1) is 0 Å². The molecule has 3 heteroatoms. The fraction of sp³-hybridized carbons (Fsp3) is 0.0909. The molecule has 1 amide bonds. The smallest absolute Gasteiger partial charge is 0.244 e. The molecule has 0 atom stereocenters. The minimum Gasteiger partial charge on any atom is -0.324 e. The number of rotatable bonds is 3. The molecule has 1 N–H and O–H groups in total. The second kappa shape index (κ2) is 5.71. The standard InChI is InChI=1S/C22H17NO2/c1-15(24)16-12-13-20-19(14-16)22(21(25)23-20,17-8-4-2-5-9-17)18-10-6-3-7-11-18/h2-14H,1H3,(H,23,25). The molecule has 25 heavy (non-hydrogen) atoms. The molecule has 3 aromatic carbocycles. The lowest BCUT2D eigenvalue weighted by atomic mass is 9.70. The summed E-state index contributed by atoms with van der Waals surface area (Å²) in [5.41, 5.74) is 3.00. The number of ketones is 1. The average Bonchev–Trinajstić information content (AvgIpc) is 2.95. The summed E-state index contributed by atoms with van der Waals surface area (Å²) in [6.45, 7) is 1.54. The number of fused-ring (bicyclic) bond motifs is 1. The van der Waals surface area contributed by atoms with Gasteiger partial charge in [-0.1, -0.05) is 60.7 Å². The van der Waals surface area contributed by atoms with E-state index in [1.54, 1.807) is 13.0 Å². The number of hydrogen-bond donors (Lipinski definition) is 1. The third kappa shape index (κ3) is 2.20. The summed E-state index contributed by atoms with van der Waals surface area (Å²) in [6.07, 6.45) is 0. The van der Waals surface area contributed by atoms with Crippen molar-refractivity contribution in [2.45, 2.75) is 12.3 Å². The number of Topliss-reactive ketones (excluding diaryl/α,β-unsaturated/α-hetero) is 1. The number of hydrogen-bond acceptors (Lipinski definition) is 2. The summed E-state index contributed by atoms with van der Waals surface area (Å²) in [4.78, 5) is 25.1. The zero-order chi connectivity index (χ0) is 17.4. The van der Waals surface area contributed by atoms with Crippen molar-refractivity contribution in [1.82, 2.24) is 0 Å². The van der Waals surface area contributed by atoms with E-state index in [2.05, 4.69) is 5.32 Å². The molecule has 0 fully saturated rings. The maximum atomic E-state index is 13.2. The van der Waals surface area contributed by atoms with E-state index >= 15 is 0 Å². The van der Waals surface area contributed by atoms with Crippen molar-refractivity contribution in [2.75, 3.05) is 5.32 Å². The van der Waals surface area contributed by atoms with Gasteiger partial charge in [-0.25, -0.2) is 0 Å². The summed E-state index contributed by atoms with van der Waals surface area (Å²) in [7, 11) is 0. The third-order valence-corrected chi connectivity index (χ3v) is 4.83. The molecule has 1 aliphatic rings. The van der Waals surface area contributed by atoms with Crippen LogP contribution < -0.4 is 5.32 Å². The molecule has 0 spiro atoms. The van der Waals surface area contributed by atoms with Crippen molar-refractivity contribution < 1.29 is 9.59 Å². The second-order valence-corrected chi connectivity index (χ2v) is 6.25. The van der Waals surface area contributed by atoms with Crippen molar-refractivity contribution in [3.05, 3.63) is 101 Å². The van der Waals surface area contributed by atoms with Crippen molar-refractivity contribution >= 4 is 17.4 Å². The fourth-order valence-electron chi connectivity index (χ4n) is 3.64. The first-order valence-electron chi connectivity index (χ1n) is 8.22. The second-order valence-electron chi connectivity index (χ2n) is 6.25. The van der Waals surface area contributed by atoms with Gasteiger partial charge >= 0.3 is 0 Å². The highest BCUT2D eigenvalue weighted by Crippen LogP contribution is 2.47. The van der Waals surface area contributed by atoms with Crippen LogP contribution in [0, 0.1) is 0 Å². The minimum absolute atomic E-state index is 0.0165. The predicted octanol–water partition coefficient (Wildman–Crippen LogP) is 4.18. The van der Waals surface area contributed by atoms with Crippen LogP contribution in [0.25, 0.3) is 0 Å². The first-order valence-corrected chi connectivity index (χ1v) is 8.22. The van der Waals surface area contributed by atoms with Crippen LogP contribution in [-0.2, 0) is 10.2 Å². The van der Waals surface area contributed by atoms with Gasteiger partial charge in [0, 0.05) is 16.8 Å². The van der Waals surface area contributed by atoms with Gasteiger partial charge < -0.3 is 5.32 Å². The van der Waals surface area contributed by atoms with E-state index in [4.69, 9.17) is 0 Å². The lowest BCUT2D eigenvalue weighted by Gasteiger charge is -2.29. The van der Waals surface area contributed by atoms with E-state index in [1.807, 2.05) is 72.8 Å². The molecule has 0 saturated carbocycles. The molecule has 3 aromatic rings. The summed E-state index contributed by atoms with van der Waals surface area (Å²) in [6, 6.07) is 24.8. The molecule has 0 unspecified atom stereocenters. The molecule has 1 aliphatic heterocycles. The fourth-order valence-corrected chi connectivity index (χ4v) is 3.64. The SMILES string of the molecule is CC(=O)c1ccc2c(c1)C(c1ccccc1)(c1ccccc1)C(=O)N2. The van der Waals surface area contributed by atoms with Gasteiger partial charge in [-0.2, -0.15) is 0 Å². The molecule has 0 aromatic heterocycles. The van der Waals surface area contributed by atoms with Crippen LogP contribution in [0.1, 0.15) is 34.0 Å². The molecule has 0 aliphatic carbocycles. The Morgan fingerprint density at radius 2 is 1.40 bits per heavy atom. The number of amides is 1. The van der Waals surface area contributed by atoms with Crippen molar-refractivity contribution in [2.24, 2.45) is 0 Å². The largest absolute Gasteiger partial charge is 0.324 e. The highest BCUT2D eigenvalue weighted by molar-refractivity contribution is 6.12. The molecule has 0 bridgehead atoms. The van der Waals surface area contributed by atoms with E-state index in [-0.39, 0.29) is 11.7 Å². The van der Waals surface area contributed by atoms with Gasteiger partial charge in [0.25, 0.3) is 0 Å². The normalized spacial score (nSPS) is 14.7.